The maximum atomic E-state index is 14.0. The molecule has 1 spiro atoms. The molecule has 36 heavy (non-hydrogen) atoms. The van der Waals surface area contributed by atoms with Crippen molar-refractivity contribution in [3.8, 4) is 0 Å². The Morgan fingerprint density at radius 2 is 2.00 bits per heavy atom. The smallest absolute Gasteiger partial charge is 0.237 e. The monoisotopic (exact) mass is 577 g/mol. The molecule has 2 aromatic carbocycles. The summed E-state index contributed by atoms with van der Waals surface area (Å²) in [4.78, 5) is 27.7. The zero-order chi connectivity index (χ0) is 26.3. The minimum Gasteiger partial charge on any atom is -0.394 e. The van der Waals surface area contributed by atoms with Gasteiger partial charge in [-0.15, -0.1) is 0 Å². The Kier molecular flexibility index (Phi) is 7.84. The minimum atomic E-state index is -1.04. The van der Waals surface area contributed by atoms with E-state index in [1.807, 2.05) is 30.3 Å². The number of hydrogen-bond acceptors (Lipinski definition) is 5. The zero-order valence-electron chi connectivity index (χ0n) is 20.6. The van der Waals surface area contributed by atoms with Crippen LogP contribution in [0.2, 0.25) is 5.02 Å². The van der Waals surface area contributed by atoms with Gasteiger partial charge in [-0.1, -0.05) is 66.5 Å². The average Bonchev–Trinajstić information content (AvgIpc) is 3.27. The summed E-state index contributed by atoms with van der Waals surface area (Å²) in [5.41, 5.74) is 1.19. The van der Waals surface area contributed by atoms with Crippen LogP contribution in [0.5, 0.6) is 0 Å². The van der Waals surface area contributed by atoms with Crippen molar-refractivity contribution >= 4 is 45.0 Å². The highest BCUT2D eigenvalue weighted by atomic mass is 79.9. The van der Waals surface area contributed by atoms with Crippen LogP contribution in [0.1, 0.15) is 50.7 Å². The Morgan fingerprint density at radius 3 is 2.67 bits per heavy atom. The van der Waals surface area contributed by atoms with E-state index in [1.54, 1.807) is 12.1 Å². The number of hydrogen-bond donors (Lipinski definition) is 5. The van der Waals surface area contributed by atoms with Gasteiger partial charge < -0.3 is 26.2 Å². The lowest BCUT2D eigenvalue weighted by atomic mass is 9.62. The number of carbonyl (C=O) groups is 2. The van der Waals surface area contributed by atoms with E-state index in [1.165, 1.54) is 0 Å². The molecule has 9 heteroatoms. The molecule has 5 N–H and O–H groups in total. The normalized spacial score (nSPS) is 26.1. The van der Waals surface area contributed by atoms with Crippen LogP contribution in [0.4, 0.5) is 5.69 Å². The quantitative estimate of drug-likeness (QED) is 0.344. The second-order valence-electron chi connectivity index (χ2n) is 10.9. The van der Waals surface area contributed by atoms with Gasteiger partial charge in [0.1, 0.15) is 5.41 Å². The molecule has 4 rings (SSSR count). The summed E-state index contributed by atoms with van der Waals surface area (Å²) in [7, 11) is 0. The molecule has 0 aromatic heterocycles. The number of benzene rings is 2. The number of aliphatic hydroxyl groups excluding tert-OH is 2. The van der Waals surface area contributed by atoms with Gasteiger partial charge in [-0.25, -0.2) is 0 Å². The summed E-state index contributed by atoms with van der Waals surface area (Å²) in [6, 6.07) is 12.2. The van der Waals surface area contributed by atoms with Crippen LogP contribution >= 0.6 is 27.5 Å². The van der Waals surface area contributed by atoms with Crippen molar-refractivity contribution in [2.24, 2.45) is 5.41 Å². The van der Waals surface area contributed by atoms with E-state index in [9.17, 15) is 14.7 Å². The number of amides is 2. The van der Waals surface area contributed by atoms with Crippen molar-refractivity contribution in [2.45, 2.75) is 63.1 Å². The molecule has 0 saturated carbocycles. The molecule has 0 aliphatic carbocycles. The van der Waals surface area contributed by atoms with Crippen LogP contribution < -0.4 is 16.0 Å². The summed E-state index contributed by atoms with van der Waals surface area (Å²) in [5.74, 6) is -0.916. The number of fused-ring (bicyclic) bond motifs is 2. The van der Waals surface area contributed by atoms with E-state index in [0.29, 0.717) is 17.1 Å². The first-order chi connectivity index (χ1) is 17.0. The summed E-state index contributed by atoms with van der Waals surface area (Å²) >= 11 is 9.84. The van der Waals surface area contributed by atoms with Crippen molar-refractivity contribution in [2.75, 3.05) is 18.5 Å². The number of halogens is 2. The van der Waals surface area contributed by atoms with Crippen molar-refractivity contribution in [3.05, 3.63) is 63.1 Å². The SMILES string of the molecule is CC(C)(C)C[C@H]1N[C@@H](C(=O)NCC[C@H](O)CO)[C@H](c2cccc(Br)c2)[C@@]12C(=O)Nc1cc(Cl)ccc12. The largest absolute Gasteiger partial charge is 0.394 e. The standard InChI is InChI=1S/C27H33BrClN3O4/c1-26(2,3)13-21-27(19-8-7-17(29)12-20(19)31-25(27)36)22(15-5-4-6-16(28)11-15)23(32-21)24(35)30-10-9-18(34)14-33/h4-8,11-12,18,21-23,32-34H,9-10,13-14H2,1-3H3,(H,30,35)(H,31,36)/t18-,21+,22-,23+,27-/m0/s1. The van der Waals surface area contributed by atoms with Gasteiger partial charge >= 0.3 is 0 Å². The number of carbonyl (C=O) groups excluding carboxylic acids is 2. The van der Waals surface area contributed by atoms with Gasteiger partial charge in [0.25, 0.3) is 0 Å². The fourth-order valence-corrected chi connectivity index (χ4v) is 6.27. The van der Waals surface area contributed by atoms with Gasteiger partial charge in [-0.2, -0.15) is 0 Å². The highest BCUT2D eigenvalue weighted by Gasteiger charge is 2.65. The highest BCUT2D eigenvalue weighted by molar-refractivity contribution is 9.10. The fraction of sp³-hybridized carbons (Fsp3) is 0.481. The van der Waals surface area contributed by atoms with E-state index < -0.39 is 23.5 Å². The molecular weight excluding hydrogens is 546 g/mol. The maximum Gasteiger partial charge on any atom is 0.237 e. The molecular formula is C27H33BrClN3O4. The third-order valence-corrected chi connectivity index (χ3v) is 7.83. The second-order valence-corrected chi connectivity index (χ2v) is 12.3. The zero-order valence-corrected chi connectivity index (χ0v) is 23.0. The maximum absolute atomic E-state index is 14.0. The van der Waals surface area contributed by atoms with E-state index >= 15 is 0 Å². The molecule has 2 aliphatic rings. The first-order valence-corrected chi connectivity index (χ1v) is 13.3. The van der Waals surface area contributed by atoms with Gasteiger partial charge in [0.15, 0.2) is 0 Å². The van der Waals surface area contributed by atoms with Crippen LogP contribution in [0.25, 0.3) is 0 Å². The van der Waals surface area contributed by atoms with Crippen LogP contribution in [0, 0.1) is 5.41 Å². The molecule has 0 radical (unpaired) electrons. The Hall–Kier alpha value is -1.97. The second kappa shape index (κ2) is 10.4. The molecule has 2 aromatic rings. The van der Waals surface area contributed by atoms with Gasteiger partial charge in [-0.05, 0) is 53.6 Å². The van der Waals surface area contributed by atoms with Gasteiger partial charge in [0, 0.05) is 33.7 Å². The Bertz CT molecular complexity index is 1150. The van der Waals surface area contributed by atoms with Crippen LogP contribution in [-0.2, 0) is 15.0 Å². The molecule has 0 bridgehead atoms. The van der Waals surface area contributed by atoms with E-state index in [4.69, 9.17) is 16.7 Å². The fourth-order valence-electron chi connectivity index (χ4n) is 5.69. The number of rotatable bonds is 7. The Balaban J connectivity index is 1.86. The topological polar surface area (TPSA) is 111 Å². The molecule has 0 unspecified atom stereocenters. The summed E-state index contributed by atoms with van der Waals surface area (Å²) in [6.07, 6.45) is -0.0190. The molecule has 2 heterocycles. The van der Waals surface area contributed by atoms with Crippen molar-refractivity contribution in [1.82, 2.24) is 10.6 Å². The molecule has 2 amide bonds. The van der Waals surface area contributed by atoms with Gasteiger partial charge in [0.2, 0.25) is 11.8 Å². The summed E-state index contributed by atoms with van der Waals surface area (Å²) in [6.45, 7) is 6.20. The molecule has 5 atom stereocenters. The van der Waals surface area contributed by atoms with Gasteiger partial charge in [-0.3, -0.25) is 9.59 Å². The Morgan fingerprint density at radius 1 is 1.25 bits per heavy atom. The Labute approximate surface area is 225 Å². The van der Waals surface area contributed by atoms with Crippen molar-refractivity contribution in [3.63, 3.8) is 0 Å². The third-order valence-electron chi connectivity index (χ3n) is 7.10. The molecule has 7 nitrogen and oxygen atoms in total. The molecule has 1 fully saturated rings. The predicted molar refractivity (Wildman–Crippen MR) is 144 cm³/mol. The van der Waals surface area contributed by atoms with Crippen molar-refractivity contribution < 1.29 is 19.8 Å². The first kappa shape index (κ1) is 27.1. The van der Waals surface area contributed by atoms with Crippen molar-refractivity contribution in [1.29, 1.82) is 0 Å². The average molecular weight is 579 g/mol. The van der Waals surface area contributed by atoms with Crippen LogP contribution in [0.15, 0.2) is 46.9 Å². The van der Waals surface area contributed by atoms with E-state index in [0.717, 1.165) is 15.6 Å². The highest BCUT2D eigenvalue weighted by Crippen LogP contribution is 2.56. The lowest BCUT2D eigenvalue weighted by Gasteiger charge is -2.37. The minimum absolute atomic E-state index is 0.126. The van der Waals surface area contributed by atoms with Gasteiger partial charge in [0.05, 0.1) is 18.8 Å². The first-order valence-electron chi connectivity index (χ1n) is 12.2. The lowest BCUT2D eigenvalue weighted by Crippen LogP contribution is -2.49. The number of anilines is 1. The molecule has 2 aliphatic heterocycles. The summed E-state index contributed by atoms with van der Waals surface area (Å²) in [5, 5.41) is 28.9. The number of aliphatic hydroxyl groups is 2. The third kappa shape index (κ3) is 5.07. The molecule has 194 valence electrons. The lowest BCUT2D eigenvalue weighted by molar-refractivity contribution is -0.124. The number of nitrogens with one attached hydrogen (secondary N) is 3. The summed E-state index contributed by atoms with van der Waals surface area (Å²) < 4.78 is 0.856. The predicted octanol–water partition coefficient (Wildman–Crippen LogP) is 3.71. The van der Waals surface area contributed by atoms with E-state index in [2.05, 4.69) is 52.7 Å². The molecule has 1 saturated heterocycles. The van der Waals surface area contributed by atoms with Crippen LogP contribution in [-0.4, -0.2) is 53.4 Å². The van der Waals surface area contributed by atoms with E-state index in [-0.39, 0.29) is 42.8 Å². The van der Waals surface area contributed by atoms with Crippen LogP contribution in [0.3, 0.4) is 0 Å².